The molecular formula is C16H26FNO2. The first-order chi connectivity index (χ1) is 9.58. The van der Waals surface area contributed by atoms with Gasteiger partial charge in [0.15, 0.2) is 0 Å². The second-order valence-electron chi connectivity index (χ2n) is 5.07. The standard InChI is InChI=1S/C16H26FNO2/c1-5-9-18-13(3)15-7-6-14(17)11-16(15)20-12(2)8-10-19-4/h6-7,11-13,18H,5,8-10H2,1-4H3. The fourth-order valence-electron chi connectivity index (χ4n) is 2.00. The Balaban J connectivity index is 2.78. The van der Waals surface area contributed by atoms with E-state index in [4.69, 9.17) is 9.47 Å². The molecule has 0 aliphatic rings. The van der Waals surface area contributed by atoms with E-state index in [1.165, 1.54) is 12.1 Å². The highest BCUT2D eigenvalue weighted by Gasteiger charge is 2.14. The predicted molar refractivity (Wildman–Crippen MR) is 79.7 cm³/mol. The Morgan fingerprint density at radius 3 is 2.70 bits per heavy atom. The van der Waals surface area contributed by atoms with Crippen LogP contribution in [0.2, 0.25) is 0 Å². The second-order valence-corrected chi connectivity index (χ2v) is 5.07. The van der Waals surface area contributed by atoms with Crippen LogP contribution in [-0.4, -0.2) is 26.4 Å². The van der Waals surface area contributed by atoms with E-state index in [0.717, 1.165) is 24.9 Å². The van der Waals surface area contributed by atoms with Crippen molar-refractivity contribution in [3.8, 4) is 5.75 Å². The van der Waals surface area contributed by atoms with Gasteiger partial charge in [-0.1, -0.05) is 13.0 Å². The van der Waals surface area contributed by atoms with Gasteiger partial charge in [0.2, 0.25) is 0 Å². The zero-order valence-corrected chi connectivity index (χ0v) is 12.9. The summed E-state index contributed by atoms with van der Waals surface area (Å²) in [5, 5.41) is 3.40. The van der Waals surface area contributed by atoms with E-state index in [0.29, 0.717) is 12.4 Å². The van der Waals surface area contributed by atoms with Crippen LogP contribution in [0.4, 0.5) is 4.39 Å². The highest BCUT2D eigenvalue weighted by atomic mass is 19.1. The fraction of sp³-hybridized carbons (Fsp3) is 0.625. The van der Waals surface area contributed by atoms with Crippen molar-refractivity contribution in [1.29, 1.82) is 0 Å². The van der Waals surface area contributed by atoms with Crippen LogP contribution in [0.15, 0.2) is 18.2 Å². The van der Waals surface area contributed by atoms with Gasteiger partial charge < -0.3 is 14.8 Å². The lowest BCUT2D eigenvalue weighted by molar-refractivity contribution is 0.134. The van der Waals surface area contributed by atoms with Gasteiger partial charge in [-0.05, 0) is 32.9 Å². The molecule has 0 aliphatic heterocycles. The minimum absolute atomic E-state index is 0.00567. The number of halogens is 1. The van der Waals surface area contributed by atoms with Crippen molar-refractivity contribution in [3.63, 3.8) is 0 Å². The minimum Gasteiger partial charge on any atom is -0.490 e. The number of benzene rings is 1. The molecule has 1 aromatic carbocycles. The fourth-order valence-corrected chi connectivity index (χ4v) is 2.00. The summed E-state index contributed by atoms with van der Waals surface area (Å²) in [6, 6.07) is 4.87. The lowest BCUT2D eigenvalue weighted by atomic mass is 10.1. The van der Waals surface area contributed by atoms with Gasteiger partial charge in [-0.15, -0.1) is 0 Å². The summed E-state index contributed by atoms with van der Waals surface area (Å²) >= 11 is 0. The first kappa shape index (κ1) is 16.9. The summed E-state index contributed by atoms with van der Waals surface area (Å²) < 4.78 is 24.3. The van der Waals surface area contributed by atoms with Crippen molar-refractivity contribution in [1.82, 2.24) is 5.32 Å². The summed E-state index contributed by atoms with van der Waals surface area (Å²) in [4.78, 5) is 0. The monoisotopic (exact) mass is 283 g/mol. The van der Waals surface area contributed by atoms with Crippen molar-refractivity contribution in [2.75, 3.05) is 20.3 Å². The first-order valence-corrected chi connectivity index (χ1v) is 7.26. The van der Waals surface area contributed by atoms with Gasteiger partial charge in [0.1, 0.15) is 11.6 Å². The molecule has 20 heavy (non-hydrogen) atoms. The molecule has 0 bridgehead atoms. The van der Waals surface area contributed by atoms with Crippen LogP contribution in [0.25, 0.3) is 0 Å². The maximum atomic E-state index is 13.4. The van der Waals surface area contributed by atoms with Gasteiger partial charge in [0, 0.05) is 37.8 Å². The Bertz CT molecular complexity index is 398. The van der Waals surface area contributed by atoms with E-state index in [-0.39, 0.29) is 18.0 Å². The van der Waals surface area contributed by atoms with Gasteiger partial charge in [0.25, 0.3) is 0 Å². The van der Waals surface area contributed by atoms with Crippen molar-refractivity contribution < 1.29 is 13.9 Å². The SMILES string of the molecule is CCCNC(C)c1ccc(F)cc1OC(C)CCOC. The molecule has 0 saturated carbocycles. The van der Waals surface area contributed by atoms with Crippen molar-refractivity contribution in [2.24, 2.45) is 0 Å². The van der Waals surface area contributed by atoms with E-state index in [2.05, 4.69) is 19.2 Å². The maximum Gasteiger partial charge on any atom is 0.127 e. The molecule has 0 heterocycles. The van der Waals surface area contributed by atoms with Crippen molar-refractivity contribution in [2.45, 2.75) is 45.8 Å². The van der Waals surface area contributed by atoms with Gasteiger partial charge in [-0.2, -0.15) is 0 Å². The smallest absolute Gasteiger partial charge is 0.127 e. The van der Waals surface area contributed by atoms with Gasteiger partial charge in [-0.25, -0.2) is 4.39 Å². The van der Waals surface area contributed by atoms with Crippen LogP contribution in [-0.2, 0) is 4.74 Å². The number of ether oxygens (including phenoxy) is 2. The van der Waals surface area contributed by atoms with Gasteiger partial charge in [-0.3, -0.25) is 0 Å². The number of hydrogen-bond donors (Lipinski definition) is 1. The molecule has 114 valence electrons. The first-order valence-electron chi connectivity index (χ1n) is 7.26. The third kappa shape index (κ3) is 5.47. The average Bonchev–Trinajstić information content (AvgIpc) is 2.42. The van der Waals surface area contributed by atoms with Gasteiger partial charge >= 0.3 is 0 Å². The van der Waals surface area contributed by atoms with Crippen LogP contribution >= 0.6 is 0 Å². The Hall–Kier alpha value is -1.13. The molecule has 0 aliphatic carbocycles. The van der Waals surface area contributed by atoms with Crippen LogP contribution < -0.4 is 10.1 Å². The Labute approximate surface area is 121 Å². The molecule has 0 aromatic heterocycles. The van der Waals surface area contributed by atoms with Gasteiger partial charge in [0.05, 0.1) is 6.10 Å². The largest absolute Gasteiger partial charge is 0.490 e. The lowest BCUT2D eigenvalue weighted by Gasteiger charge is -2.21. The van der Waals surface area contributed by atoms with Crippen LogP contribution in [0.5, 0.6) is 5.75 Å². The molecule has 0 spiro atoms. The van der Waals surface area contributed by atoms with E-state index < -0.39 is 0 Å². The molecular weight excluding hydrogens is 257 g/mol. The van der Waals surface area contributed by atoms with E-state index in [1.54, 1.807) is 13.2 Å². The summed E-state index contributed by atoms with van der Waals surface area (Å²) in [6.07, 6.45) is 1.84. The predicted octanol–water partition coefficient (Wildman–Crippen LogP) is 3.69. The number of nitrogens with one attached hydrogen (secondary N) is 1. The lowest BCUT2D eigenvalue weighted by Crippen LogP contribution is -2.21. The van der Waals surface area contributed by atoms with Crippen molar-refractivity contribution >= 4 is 0 Å². The molecule has 0 fully saturated rings. The summed E-state index contributed by atoms with van der Waals surface area (Å²) in [6.45, 7) is 7.72. The average molecular weight is 283 g/mol. The number of methoxy groups -OCH3 is 1. The summed E-state index contributed by atoms with van der Waals surface area (Å²) in [5.41, 5.74) is 0.990. The van der Waals surface area contributed by atoms with Crippen molar-refractivity contribution in [3.05, 3.63) is 29.6 Å². The quantitative estimate of drug-likeness (QED) is 0.749. The molecule has 2 unspecified atom stereocenters. The molecule has 1 rings (SSSR count). The Kier molecular flexibility index (Phi) is 7.55. The molecule has 4 heteroatoms. The van der Waals surface area contributed by atoms with Crippen LogP contribution in [0, 0.1) is 5.82 Å². The van der Waals surface area contributed by atoms with Crippen LogP contribution in [0.3, 0.4) is 0 Å². The zero-order valence-electron chi connectivity index (χ0n) is 12.9. The normalized spacial score (nSPS) is 14.1. The molecule has 3 nitrogen and oxygen atoms in total. The third-order valence-electron chi connectivity index (χ3n) is 3.20. The number of hydrogen-bond acceptors (Lipinski definition) is 3. The topological polar surface area (TPSA) is 30.5 Å². The molecule has 1 N–H and O–H groups in total. The summed E-state index contributed by atoms with van der Waals surface area (Å²) in [7, 11) is 1.66. The van der Waals surface area contributed by atoms with E-state index in [9.17, 15) is 4.39 Å². The second kappa shape index (κ2) is 8.93. The Morgan fingerprint density at radius 2 is 2.05 bits per heavy atom. The Morgan fingerprint density at radius 1 is 1.30 bits per heavy atom. The minimum atomic E-state index is -0.273. The highest BCUT2D eigenvalue weighted by molar-refractivity contribution is 5.36. The van der Waals surface area contributed by atoms with E-state index in [1.807, 2.05) is 6.92 Å². The maximum absolute atomic E-state index is 13.4. The zero-order chi connectivity index (χ0) is 15.0. The van der Waals surface area contributed by atoms with E-state index >= 15 is 0 Å². The molecule has 2 atom stereocenters. The highest BCUT2D eigenvalue weighted by Crippen LogP contribution is 2.27. The molecule has 1 aromatic rings. The molecule has 0 saturated heterocycles. The molecule has 0 radical (unpaired) electrons. The third-order valence-corrected chi connectivity index (χ3v) is 3.20. The summed E-state index contributed by atoms with van der Waals surface area (Å²) in [5.74, 6) is 0.343. The molecule has 0 amide bonds. The number of rotatable bonds is 9. The van der Waals surface area contributed by atoms with Crippen LogP contribution in [0.1, 0.15) is 45.2 Å².